The number of halogens is 3. The summed E-state index contributed by atoms with van der Waals surface area (Å²) in [6.07, 6.45) is 6.81. The van der Waals surface area contributed by atoms with Gasteiger partial charge in [0.05, 0.1) is 6.54 Å². The number of thioether (sulfide) groups is 1. The van der Waals surface area contributed by atoms with Crippen molar-refractivity contribution in [1.29, 1.82) is 5.26 Å². The lowest BCUT2D eigenvalue weighted by Crippen LogP contribution is -2.34. The van der Waals surface area contributed by atoms with Gasteiger partial charge in [-0.2, -0.15) is 5.26 Å². The van der Waals surface area contributed by atoms with E-state index >= 15 is 0 Å². The number of guanidine groups is 2. The third kappa shape index (κ3) is 13.7. The van der Waals surface area contributed by atoms with Gasteiger partial charge >= 0.3 is 0 Å². The van der Waals surface area contributed by atoms with Gasteiger partial charge in [0.1, 0.15) is 20.5 Å². The number of hydrogen-bond donors (Lipinski definition) is 3. The number of amidine groups is 1. The van der Waals surface area contributed by atoms with Crippen molar-refractivity contribution >= 4 is 75.0 Å². The second-order valence-corrected chi connectivity index (χ2v) is 12.7. The molecule has 0 aliphatic carbocycles. The molecule has 2 aliphatic rings. The molecule has 0 aromatic carbocycles. The van der Waals surface area contributed by atoms with Crippen molar-refractivity contribution in [2.75, 3.05) is 32.4 Å². The predicted octanol–water partition coefficient (Wildman–Crippen LogP) is 3.46. The van der Waals surface area contributed by atoms with Crippen LogP contribution in [0.5, 0.6) is 0 Å². The Labute approximate surface area is 297 Å². The van der Waals surface area contributed by atoms with Crippen LogP contribution in [-0.2, 0) is 19.6 Å². The van der Waals surface area contributed by atoms with Crippen LogP contribution in [0.2, 0.25) is 14.8 Å². The van der Waals surface area contributed by atoms with Gasteiger partial charge in [0.25, 0.3) is 11.9 Å². The summed E-state index contributed by atoms with van der Waals surface area (Å²) in [5, 5.41) is 43.7. The minimum Gasteiger partial charge on any atom is -0.354 e. The molecule has 3 aromatic rings. The Morgan fingerprint density at radius 2 is 1.69 bits per heavy atom. The molecular weight excluding hydrogens is 731 g/mol. The number of aliphatic imine (C=N–C) groups is 1. The predicted molar refractivity (Wildman–Crippen MR) is 185 cm³/mol. The largest absolute Gasteiger partial charge is 0.354 e. The molecule has 0 atom stereocenters. The van der Waals surface area contributed by atoms with Crippen LogP contribution < -0.4 is 16.0 Å². The van der Waals surface area contributed by atoms with Crippen molar-refractivity contribution in [2.45, 2.75) is 19.6 Å². The topological polar surface area (TPSA) is 228 Å². The summed E-state index contributed by atoms with van der Waals surface area (Å²) in [6, 6.07) is 7.21. The smallest absolute Gasteiger partial charge is 0.271 e. The van der Waals surface area contributed by atoms with E-state index in [0.717, 1.165) is 40.0 Å². The highest BCUT2D eigenvalue weighted by molar-refractivity contribution is 8.14. The first kappa shape index (κ1) is 37.9. The number of hydrazone groups is 2. The number of nitriles is 1. The molecule has 0 unspecified atom stereocenters. The lowest BCUT2D eigenvalue weighted by Gasteiger charge is -2.16. The lowest BCUT2D eigenvalue weighted by atomic mass is 10.3. The fourth-order valence-electron chi connectivity index (χ4n) is 3.81. The van der Waals surface area contributed by atoms with Crippen molar-refractivity contribution < 1.29 is 10.1 Å². The van der Waals surface area contributed by atoms with E-state index in [1.165, 1.54) is 18.4 Å². The lowest BCUT2D eigenvalue weighted by molar-refractivity contribution is -0.485. The molecule has 0 radical (unpaired) electrons. The number of pyridine rings is 2. The Morgan fingerprint density at radius 1 is 1.02 bits per heavy atom. The van der Waals surface area contributed by atoms with E-state index in [4.69, 9.17) is 40.1 Å². The first-order chi connectivity index (χ1) is 23.1. The molecule has 5 rings (SSSR count). The van der Waals surface area contributed by atoms with Crippen LogP contribution in [0.15, 0.2) is 58.1 Å². The first-order valence-corrected chi connectivity index (χ1v) is 16.5. The molecule has 0 saturated carbocycles. The normalized spacial score (nSPS) is 15.5. The number of rotatable bonds is 8. The Morgan fingerprint density at radius 3 is 2.21 bits per heavy atom. The molecule has 48 heavy (non-hydrogen) atoms. The van der Waals surface area contributed by atoms with Gasteiger partial charge in [-0.1, -0.05) is 58.7 Å². The fraction of sp³-hybridized carbons (Fsp3) is 0.320. The summed E-state index contributed by atoms with van der Waals surface area (Å²) >= 11 is 19.9. The average molecular weight is 758 g/mol. The molecule has 3 aromatic heterocycles. The number of hydrogen-bond acceptors (Lipinski definition) is 11. The Bertz CT molecular complexity index is 1650. The standard InChI is InChI=1S/C10H9ClN4S.C9H10ClN5O2.C6H8ClN5O2S/c11-9-2-1-8(5-13-9)6-15-3-4-16-10(15)14-7-12;10-8-2-1-7(5-12-8)6-14-4-3-11-9(14)13-15(16)17;1-8-6(11-12(13)14)10-3-4-2-9-5(7)15-4/h1-2,5H,3-4,6H2;1-2,5H,3-4,6H2,(H,11,13);2H,3H2,1H3,(H2,8,10,11). The van der Waals surface area contributed by atoms with Gasteiger partial charge in [-0.15, -0.1) is 16.3 Å². The minimum atomic E-state index is -0.779. The van der Waals surface area contributed by atoms with Crippen LogP contribution in [0.3, 0.4) is 0 Å². The molecule has 2 fully saturated rings. The number of nitrogens with zero attached hydrogens (tertiary/aromatic N) is 11. The zero-order valence-corrected chi connectivity index (χ0v) is 28.9. The van der Waals surface area contributed by atoms with Gasteiger partial charge in [-0.25, -0.2) is 35.2 Å². The van der Waals surface area contributed by atoms with E-state index in [9.17, 15) is 20.2 Å². The third-order valence-electron chi connectivity index (χ3n) is 5.85. The highest BCUT2D eigenvalue weighted by atomic mass is 35.5. The second kappa shape index (κ2) is 20.0. The van der Waals surface area contributed by atoms with Gasteiger partial charge < -0.3 is 25.8 Å². The molecule has 0 bridgehead atoms. The SMILES string of the molecule is CN/C(=N\[N+](=O)[O-])NCc1cnc(Cl)s1.N#CN=C1SCCN1Cc1ccc(Cl)nc1.O=[N+]([O-])/N=C1\NCCN1Cc1ccc(Cl)nc1. The molecule has 0 amide bonds. The van der Waals surface area contributed by atoms with E-state index in [1.807, 2.05) is 18.3 Å². The van der Waals surface area contributed by atoms with Crippen molar-refractivity contribution in [1.82, 2.24) is 40.7 Å². The molecule has 5 heterocycles. The summed E-state index contributed by atoms with van der Waals surface area (Å²) < 4.78 is 0.434. The second-order valence-electron chi connectivity index (χ2n) is 9.12. The summed E-state index contributed by atoms with van der Waals surface area (Å²) in [6.45, 7) is 3.86. The van der Waals surface area contributed by atoms with Crippen LogP contribution in [0.4, 0.5) is 0 Å². The Hall–Kier alpha value is -4.55. The van der Waals surface area contributed by atoms with Crippen LogP contribution in [0.1, 0.15) is 16.0 Å². The van der Waals surface area contributed by atoms with Crippen LogP contribution in [0.25, 0.3) is 0 Å². The average Bonchev–Trinajstić information content (AvgIpc) is 3.80. The Balaban J connectivity index is 0.000000196. The highest BCUT2D eigenvalue weighted by Crippen LogP contribution is 2.20. The van der Waals surface area contributed by atoms with Gasteiger partial charge in [0.2, 0.25) is 6.19 Å². The van der Waals surface area contributed by atoms with Gasteiger partial charge in [-0.05, 0) is 23.3 Å². The minimum absolute atomic E-state index is 0.0875. The van der Waals surface area contributed by atoms with Crippen molar-refractivity contribution in [3.05, 3.63) is 93.9 Å². The number of aromatic nitrogens is 3. The summed E-state index contributed by atoms with van der Waals surface area (Å²) in [4.78, 5) is 40.7. The number of thiazole rings is 1. The zero-order chi connectivity index (χ0) is 34.9. The molecular formula is C25H27Cl3N14O4S2. The molecule has 3 N–H and O–H groups in total. The number of nitrogens with one attached hydrogen (secondary N) is 3. The van der Waals surface area contributed by atoms with Crippen molar-refractivity contribution in [2.24, 2.45) is 15.2 Å². The molecule has 2 saturated heterocycles. The maximum Gasteiger partial charge on any atom is 0.271 e. The summed E-state index contributed by atoms with van der Waals surface area (Å²) in [5.41, 5.74) is 1.99. The molecule has 254 valence electrons. The van der Waals surface area contributed by atoms with E-state index in [0.29, 0.717) is 41.0 Å². The third-order valence-corrected chi connectivity index (χ3v) is 8.40. The van der Waals surface area contributed by atoms with Crippen LogP contribution in [0, 0.1) is 31.7 Å². The van der Waals surface area contributed by atoms with Gasteiger partial charge in [-0.3, -0.25) is 0 Å². The summed E-state index contributed by atoms with van der Waals surface area (Å²) in [7, 11) is 1.54. The molecule has 23 heteroatoms. The van der Waals surface area contributed by atoms with Gasteiger partial charge in [0.15, 0.2) is 19.7 Å². The van der Waals surface area contributed by atoms with E-state index in [2.05, 4.69) is 51.0 Å². The van der Waals surface area contributed by atoms with E-state index in [-0.39, 0.29) is 11.9 Å². The summed E-state index contributed by atoms with van der Waals surface area (Å²) in [5.74, 6) is 1.34. The number of nitro groups is 2. The molecule has 0 spiro atoms. The monoisotopic (exact) mass is 756 g/mol. The van der Waals surface area contributed by atoms with Crippen LogP contribution >= 0.6 is 57.9 Å². The quantitative estimate of drug-likeness (QED) is 0.0747. The van der Waals surface area contributed by atoms with Crippen LogP contribution in [-0.4, -0.2) is 84.3 Å². The molecule has 2 aliphatic heterocycles. The zero-order valence-electron chi connectivity index (χ0n) is 25.0. The van der Waals surface area contributed by atoms with E-state index < -0.39 is 10.1 Å². The van der Waals surface area contributed by atoms with Crippen molar-refractivity contribution in [3.8, 4) is 6.19 Å². The Kier molecular flexibility index (Phi) is 15.8. The first-order valence-electron chi connectivity index (χ1n) is 13.6. The fourth-order valence-corrected chi connectivity index (χ4v) is 5.89. The molecule has 18 nitrogen and oxygen atoms in total. The highest BCUT2D eigenvalue weighted by Gasteiger charge is 2.22. The maximum atomic E-state index is 10.3. The maximum absolute atomic E-state index is 10.3. The van der Waals surface area contributed by atoms with Crippen molar-refractivity contribution in [3.63, 3.8) is 0 Å². The van der Waals surface area contributed by atoms with E-state index in [1.54, 1.807) is 47.4 Å². The van der Waals surface area contributed by atoms with Gasteiger partial charge in [0, 0.05) is 69.0 Å².